The number of halogens is 1. The predicted molar refractivity (Wildman–Crippen MR) is 139 cm³/mol. The molecular formula is C27H26ClN3O4. The molecule has 2 heterocycles. The quantitative estimate of drug-likeness (QED) is 0.291. The van der Waals surface area contributed by atoms with Crippen LogP contribution in [-0.4, -0.2) is 40.1 Å². The third kappa shape index (κ3) is 4.28. The number of aromatic hydroxyl groups is 1. The SMILES string of the molecule is CC(C)(C)OC(=O)Nc1ccc2cc(C(=O)N3CC(CCl)c4c3cc(O)c3ccccc43)[nH]c2c1. The molecule has 1 atom stereocenters. The zero-order valence-electron chi connectivity index (χ0n) is 19.7. The molecule has 1 aliphatic rings. The van der Waals surface area contributed by atoms with E-state index in [4.69, 9.17) is 16.3 Å². The molecule has 7 nitrogen and oxygen atoms in total. The van der Waals surface area contributed by atoms with Gasteiger partial charge in [0, 0.05) is 46.4 Å². The number of nitrogens with zero attached hydrogens (tertiary/aromatic N) is 1. The van der Waals surface area contributed by atoms with Crippen LogP contribution in [-0.2, 0) is 4.74 Å². The summed E-state index contributed by atoms with van der Waals surface area (Å²) in [4.78, 5) is 30.5. The van der Waals surface area contributed by atoms with E-state index in [1.54, 1.807) is 49.9 Å². The van der Waals surface area contributed by atoms with E-state index >= 15 is 0 Å². The van der Waals surface area contributed by atoms with Gasteiger partial charge in [-0.3, -0.25) is 10.1 Å². The largest absolute Gasteiger partial charge is 0.507 e. The van der Waals surface area contributed by atoms with Crippen molar-refractivity contribution in [3.05, 3.63) is 65.9 Å². The number of aromatic amines is 1. The molecule has 0 radical (unpaired) electrons. The maximum Gasteiger partial charge on any atom is 0.412 e. The van der Waals surface area contributed by atoms with Crippen molar-refractivity contribution in [2.24, 2.45) is 0 Å². The third-order valence-electron chi connectivity index (χ3n) is 6.07. The first-order valence-corrected chi connectivity index (χ1v) is 11.9. The van der Waals surface area contributed by atoms with Crippen LogP contribution in [0.2, 0.25) is 0 Å². The average Bonchev–Trinajstić information content (AvgIpc) is 3.38. The molecule has 4 aromatic rings. The van der Waals surface area contributed by atoms with Crippen molar-refractivity contribution < 1.29 is 19.4 Å². The Labute approximate surface area is 207 Å². The number of alkyl halides is 1. The van der Waals surface area contributed by atoms with Gasteiger partial charge in [0.2, 0.25) is 0 Å². The molecule has 0 fully saturated rings. The highest BCUT2D eigenvalue weighted by Crippen LogP contribution is 2.45. The number of phenolic OH excluding ortho intramolecular Hbond substituents is 1. The summed E-state index contributed by atoms with van der Waals surface area (Å²) in [5.74, 6) is 0.223. The number of amides is 2. The number of benzene rings is 3. The Bertz CT molecular complexity index is 1470. The second-order valence-electron chi connectivity index (χ2n) is 9.75. The Morgan fingerprint density at radius 1 is 1.14 bits per heavy atom. The summed E-state index contributed by atoms with van der Waals surface area (Å²) in [6.45, 7) is 5.82. The molecule has 0 saturated heterocycles. The van der Waals surface area contributed by atoms with Crippen LogP contribution in [0, 0.1) is 0 Å². The van der Waals surface area contributed by atoms with Gasteiger partial charge in [0.25, 0.3) is 5.91 Å². The molecule has 3 aromatic carbocycles. The van der Waals surface area contributed by atoms with Gasteiger partial charge in [0.05, 0.1) is 5.69 Å². The van der Waals surface area contributed by atoms with Gasteiger partial charge in [-0.25, -0.2) is 4.79 Å². The maximum absolute atomic E-state index is 13.6. The lowest BCUT2D eigenvalue weighted by Crippen LogP contribution is -2.30. The molecule has 8 heteroatoms. The molecule has 0 aliphatic carbocycles. The Morgan fingerprint density at radius 2 is 1.89 bits per heavy atom. The maximum atomic E-state index is 13.6. The molecule has 5 rings (SSSR count). The molecule has 0 bridgehead atoms. The van der Waals surface area contributed by atoms with Crippen LogP contribution in [0.3, 0.4) is 0 Å². The molecule has 180 valence electrons. The van der Waals surface area contributed by atoms with Crippen molar-refractivity contribution in [1.29, 1.82) is 0 Å². The van der Waals surface area contributed by atoms with Crippen LogP contribution < -0.4 is 10.2 Å². The van der Waals surface area contributed by atoms with Crippen molar-refractivity contribution in [2.75, 3.05) is 22.6 Å². The molecule has 1 aliphatic heterocycles. The Hall–Kier alpha value is -3.71. The second kappa shape index (κ2) is 8.50. The molecule has 3 N–H and O–H groups in total. The van der Waals surface area contributed by atoms with Crippen molar-refractivity contribution >= 4 is 56.7 Å². The average molecular weight is 492 g/mol. The monoisotopic (exact) mass is 491 g/mol. The van der Waals surface area contributed by atoms with Gasteiger partial charge in [0.15, 0.2) is 0 Å². The fraction of sp³-hybridized carbons (Fsp3) is 0.259. The summed E-state index contributed by atoms with van der Waals surface area (Å²) in [5, 5.41) is 15.8. The summed E-state index contributed by atoms with van der Waals surface area (Å²) in [6, 6.07) is 16.4. The van der Waals surface area contributed by atoms with Crippen LogP contribution in [0.25, 0.3) is 21.7 Å². The van der Waals surface area contributed by atoms with Gasteiger partial charge >= 0.3 is 6.09 Å². The van der Waals surface area contributed by atoms with Gasteiger partial charge in [-0.05, 0) is 49.9 Å². The summed E-state index contributed by atoms with van der Waals surface area (Å²) in [7, 11) is 0. The second-order valence-corrected chi connectivity index (χ2v) is 10.1. The smallest absolute Gasteiger partial charge is 0.412 e. The molecule has 0 saturated carbocycles. The van der Waals surface area contributed by atoms with Crippen molar-refractivity contribution in [3.63, 3.8) is 0 Å². The highest BCUT2D eigenvalue weighted by molar-refractivity contribution is 6.19. The van der Waals surface area contributed by atoms with E-state index in [2.05, 4.69) is 10.3 Å². The number of hydrogen-bond acceptors (Lipinski definition) is 4. The fourth-order valence-electron chi connectivity index (χ4n) is 4.63. The molecule has 2 amide bonds. The van der Waals surface area contributed by atoms with Gasteiger partial charge in [0.1, 0.15) is 17.0 Å². The first kappa shape index (κ1) is 23.1. The number of H-pyrrole nitrogens is 1. The van der Waals surface area contributed by atoms with E-state index in [9.17, 15) is 14.7 Å². The minimum atomic E-state index is -0.604. The summed E-state index contributed by atoms with van der Waals surface area (Å²) < 4.78 is 5.31. The number of carbonyl (C=O) groups excluding carboxylic acids is 2. The number of anilines is 2. The minimum absolute atomic E-state index is 0.0462. The summed E-state index contributed by atoms with van der Waals surface area (Å²) in [6.07, 6.45) is -0.549. The van der Waals surface area contributed by atoms with E-state index in [0.29, 0.717) is 35.0 Å². The van der Waals surface area contributed by atoms with Crippen LogP contribution in [0.1, 0.15) is 42.7 Å². The standard InChI is InChI=1S/C27H26ClN3O4/c1-27(2,3)35-26(34)29-17-9-8-15-10-21(30-20(15)11-17)25(33)31-14-16(13-28)24-19-7-5-4-6-18(19)23(32)12-22(24)31/h4-12,16,30,32H,13-14H2,1-3H3,(H,29,34). The van der Waals surface area contributed by atoms with E-state index in [1.807, 2.05) is 30.3 Å². The third-order valence-corrected chi connectivity index (χ3v) is 6.45. The number of phenols is 1. The van der Waals surface area contributed by atoms with Gasteiger partial charge in [-0.15, -0.1) is 11.6 Å². The number of hydrogen-bond donors (Lipinski definition) is 3. The number of ether oxygens (including phenoxy) is 1. The van der Waals surface area contributed by atoms with E-state index < -0.39 is 11.7 Å². The van der Waals surface area contributed by atoms with Crippen LogP contribution >= 0.6 is 11.6 Å². The highest BCUT2D eigenvalue weighted by atomic mass is 35.5. The number of nitrogens with one attached hydrogen (secondary N) is 2. The van der Waals surface area contributed by atoms with Gasteiger partial charge in [-0.2, -0.15) is 0 Å². The van der Waals surface area contributed by atoms with E-state index in [1.165, 1.54) is 0 Å². The summed E-state index contributed by atoms with van der Waals surface area (Å²) in [5.41, 5.74) is 2.70. The number of aromatic nitrogens is 1. The lowest BCUT2D eigenvalue weighted by Gasteiger charge is -2.19. The zero-order valence-corrected chi connectivity index (χ0v) is 20.4. The van der Waals surface area contributed by atoms with Crippen molar-refractivity contribution in [1.82, 2.24) is 4.98 Å². The van der Waals surface area contributed by atoms with E-state index in [-0.39, 0.29) is 17.6 Å². The Balaban J connectivity index is 1.47. The molecule has 1 aromatic heterocycles. The number of carbonyl (C=O) groups is 2. The Kier molecular flexibility index (Phi) is 5.60. The van der Waals surface area contributed by atoms with Crippen molar-refractivity contribution in [2.45, 2.75) is 32.3 Å². The number of rotatable bonds is 3. The normalized spacial score (nSPS) is 15.4. The predicted octanol–water partition coefficient (Wildman–Crippen LogP) is 6.36. The first-order chi connectivity index (χ1) is 16.6. The lowest BCUT2D eigenvalue weighted by molar-refractivity contribution is 0.0635. The van der Waals surface area contributed by atoms with Crippen LogP contribution in [0.15, 0.2) is 54.6 Å². The molecule has 35 heavy (non-hydrogen) atoms. The van der Waals surface area contributed by atoms with Crippen molar-refractivity contribution in [3.8, 4) is 5.75 Å². The summed E-state index contributed by atoms with van der Waals surface area (Å²) >= 11 is 6.30. The molecular weight excluding hydrogens is 466 g/mol. The fourth-order valence-corrected chi connectivity index (χ4v) is 4.88. The van der Waals surface area contributed by atoms with Crippen LogP contribution in [0.4, 0.5) is 16.2 Å². The highest BCUT2D eigenvalue weighted by Gasteiger charge is 2.35. The topological polar surface area (TPSA) is 94.7 Å². The van der Waals surface area contributed by atoms with Gasteiger partial charge < -0.3 is 19.7 Å². The molecule has 0 spiro atoms. The minimum Gasteiger partial charge on any atom is -0.507 e. The first-order valence-electron chi connectivity index (χ1n) is 11.4. The number of fused-ring (bicyclic) bond motifs is 4. The molecule has 1 unspecified atom stereocenters. The Morgan fingerprint density at radius 3 is 2.60 bits per heavy atom. The van der Waals surface area contributed by atoms with E-state index in [0.717, 1.165) is 21.7 Å². The van der Waals surface area contributed by atoms with Gasteiger partial charge in [-0.1, -0.05) is 30.3 Å². The zero-order chi connectivity index (χ0) is 24.9. The lowest BCUT2D eigenvalue weighted by atomic mass is 9.95. The van der Waals surface area contributed by atoms with Crippen LogP contribution in [0.5, 0.6) is 5.75 Å².